The van der Waals surface area contributed by atoms with Crippen LogP contribution < -0.4 is 0 Å². The van der Waals surface area contributed by atoms with Crippen LogP contribution in [0.2, 0.25) is 13.1 Å². The zero-order valence-electron chi connectivity index (χ0n) is 17.1. The molecule has 3 heteroatoms. The Morgan fingerprint density at radius 2 is 1.88 bits per heavy atom. The molecule has 0 amide bonds. The summed E-state index contributed by atoms with van der Waals surface area (Å²) in [6.45, 7) is 12.3. The summed E-state index contributed by atoms with van der Waals surface area (Å²) in [6, 6.07) is 10.3. The van der Waals surface area contributed by atoms with Crippen LogP contribution in [0.3, 0.4) is 0 Å². The Hall–Kier alpha value is -1.34. The molecule has 1 rings (SSSR count). The van der Waals surface area contributed by atoms with Crippen molar-refractivity contribution in [2.75, 3.05) is 6.61 Å². The van der Waals surface area contributed by atoms with Gasteiger partial charge in [-0.05, 0) is 38.1 Å². The molecule has 0 saturated heterocycles. The van der Waals surface area contributed by atoms with E-state index in [9.17, 15) is 0 Å². The Labute approximate surface area is 162 Å². The molecular weight excluding hydrogens is 336 g/mol. The molecule has 1 aromatic rings. The largest absolute Gasteiger partial charge is 0.413 e. The number of unbranched alkanes of at least 4 members (excludes halogenated alkanes) is 2. The predicted octanol–water partition coefficient (Wildman–Crippen LogP) is 5.86. The average molecular weight is 372 g/mol. The van der Waals surface area contributed by atoms with Crippen molar-refractivity contribution < 1.29 is 9.16 Å². The normalized spacial score (nSPS) is 14.8. The lowest BCUT2D eigenvalue weighted by atomic mass is 9.94. The van der Waals surface area contributed by atoms with E-state index in [-0.39, 0.29) is 12.0 Å². The summed E-state index contributed by atoms with van der Waals surface area (Å²) >= 11 is 0. The van der Waals surface area contributed by atoms with E-state index >= 15 is 0 Å². The van der Waals surface area contributed by atoms with E-state index in [4.69, 9.17) is 9.16 Å². The van der Waals surface area contributed by atoms with Gasteiger partial charge in [0.2, 0.25) is 9.04 Å². The second kappa shape index (κ2) is 13.8. The molecule has 0 aliphatic carbocycles. The lowest BCUT2D eigenvalue weighted by molar-refractivity contribution is 0.0268. The van der Waals surface area contributed by atoms with Crippen molar-refractivity contribution in [3.63, 3.8) is 0 Å². The number of hydrogen-bond donors (Lipinski definition) is 0. The monoisotopic (exact) mass is 371 g/mol. The van der Waals surface area contributed by atoms with E-state index in [2.05, 4.69) is 63.9 Å². The van der Waals surface area contributed by atoms with Crippen LogP contribution in [-0.4, -0.2) is 21.8 Å². The average Bonchev–Trinajstić information content (AvgIpc) is 2.63. The van der Waals surface area contributed by atoms with Crippen LogP contribution in [0.5, 0.6) is 0 Å². The molecule has 0 N–H and O–H groups in total. The van der Waals surface area contributed by atoms with Gasteiger partial charge in [0.1, 0.15) is 0 Å². The number of rotatable bonds is 11. The van der Waals surface area contributed by atoms with Crippen LogP contribution in [0.1, 0.15) is 45.6 Å². The molecule has 2 nitrogen and oxygen atoms in total. The van der Waals surface area contributed by atoms with Crippen molar-refractivity contribution in [3.8, 4) is 11.8 Å². The topological polar surface area (TPSA) is 18.5 Å². The summed E-state index contributed by atoms with van der Waals surface area (Å²) in [5.41, 5.74) is 1.21. The van der Waals surface area contributed by atoms with Crippen LogP contribution >= 0.6 is 0 Å². The van der Waals surface area contributed by atoms with E-state index in [0.717, 1.165) is 6.42 Å². The predicted molar refractivity (Wildman–Crippen MR) is 113 cm³/mol. The lowest BCUT2D eigenvalue weighted by Crippen LogP contribution is -2.34. The van der Waals surface area contributed by atoms with Crippen LogP contribution in [0.25, 0.3) is 0 Å². The van der Waals surface area contributed by atoms with Gasteiger partial charge < -0.3 is 9.16 Å². The van der Waals surface area contributed by atoms with E-state index in [1.165, 1.54) is 18.4 Å². The smallest absolute Gasteiger partial charge is 0.205 e. The molecule has 26 heavy (non-hydrogen) atoms. The van der Waals surface area contributed by atoms with E-state index in [1.807, 2.05) is 24.3 Å². The number of hydrogen-bond acceptors (Lipinski definition) is 2. The van der Waals surface area contributed by atoms with Gasteiger partial charge in [-0.1, -0.05) is 74.9 Å². The first-order valence-corrected chi connectivity index (χ1v) is 12.2. The van der Waals surface area contributed by atoms with Gasteiger partial charge in [0.15, 0.2) is 0 Å². The third-order valence-corrected chi connectivity index (χ3v) is 4.90. The second-order valence-corrected chi connectivity index (χ2v) is 9.14. The van der Waals surface area contributed by atoms with Gasteiger partial charge in [-0.25, -0.2) is 0 Å². The molecular formula is C23H35O2Si. The summed E-state index contributed by atoms with van der Waals surface area (Å²) in [7, 11) is -0.782. The molecule has 0 bridgehead atoms. The SMILES string of the molecule is CCCC/C=C/C#C[C@H](C)[C@H](O[Si](C)C)[C@H](C)COCc1ccccc1. The maximum atomic E-state index is 6.27. The van der Waals surface area contributed by atoms with Crippen molar-refractivity contribution in [3.05, 3.63) is 48.0 Å². The van der Waals surface area contributed by atoms with Gasteiger partial charge in [-0.2, -0.15) is 0 Å². The first-order valence-electron chi connectivity index (χ1n) is 9.79. The maximum absolute atomic E-state index is 6.27. The van der Waals surface area contributed by atoms with Crippen LogP contribution in [-0.2, 0) is 15.8 Å². The fraction of sp³-hybridized carbons (Fsp3) is 0.565. The first kappa shape index (κ1) is 22.7. The summed E-state index contributed by atoms with van der Waals surface area (Å²) in [4.78, 5) is 0. The lowest BCUT2D eigenvalue weighted by Gasteiger charge is -2.29. The fourth-order valence-electron chi connectivity index (χ4n) is 2.74. The zero-order valence-corrected chi connectivity index (χ0v) is 18.1. The van der Waals surface area contributed by atoms with Gasteiger partial charge >= 0.3 is 0 Å². The van der Waals surface area contributed by atoms with Gasteiger partial charge in [0, 0.05) is 11.8 Å². The summed E-state index contributed by atoms with van der Waals surface area (Å²) in [6.07, 6.45) is 7.84. The number of ether oxygens (including phenoxy) is 1. The Morgan fingerprint density at radius 3 is 2.54 bits per heavy atom. The second-order valence-electron chi connectivity index (χ2n) is 7.09. The van der Waals surface area contributed by atoms with Crippen LogP contribution in [0.4, 0.5) is 0 Å². The molecule has 1 aromatic carbocycles. The minimum atomic E-state index is -0.782. The minimum Gasteiger partial charge on any atom is -0.413 e. The molecule has 0 heterocycles. The molecule has 3 atom stereocenters. The highest BCUT2D eigenvalue weighted by Crippen LogP contribution is 2.19. The van der Waals surface area contributed by atoms with Crippen molar-refractivity contribution in [1.29, 1.82) is 0 Å². The molecule has 143 valence electrons. The Bertz CT molecular complexity index is 557. The molecule has 0 aliphatic rings. The third-order valence-electron chi connectivity index (χ3n) is 4.15. The third kappa shape index (κ3) is 9.96. The highest BCUT2D eigenvalue weighted by atomic mass is 28.3. The highest BCUT2D eigenvalue weighted by Gasteiger charge is 2.24. The van der Waals surface area contributed by atoms with Crippen molar-refractivity contribution in [2.45, 2.75) is 65.8 Å². The highest BCUT2D eigenvalue weighted by molar-refractivity contribution is 6.48. The van der Waals surface area contributed by atoms with E-state index in [0.29, 0.717) is 19.1 Å². The van der Waals surface area contributed by atoms with E-state index < -0.39 is 9.04 Å². The fourth-order valence-corrected chi connectivity index (χ4v) is 3.72. The maximum Gasteiger partial charge on any atom is 0.205 e. The zero-order chi connectivity index (χ0) is 19.2. The summed E-state index contributed by atoms with van der Waals surface area (Å²) < 4.78 is 12.2. The minimum absolute atomic E-state index is 0.117. The molecule has 0 spiro atoms. The standard InChI is InChI=1S/C23H35O2Si/c1-6-7-8-9-10-12-15-20(2)23(25-26(4)5)21(3)18-24-19-22-16-13-11-14-17-22/h9-11,13-14,16-17,20-21,23H,6-8,18-19H2,1-5H3/b10-9+/t20-,21+,23-/m0/s1. The molecule has 0 saturated carbocycles. The van der Waals surface area contributed by atoms with Crippen molar-refractivity contribution in [1.82, 2.24) is 0 Å². The van der Waals surface area contributed by atoms with Gasteiger partial charge in [0.05, 0.1) is 19.3 Å². The van der Waals surface area contributed by atoms with E-state index in [1.54, 1.807) is 0 Å². The number of allylic oxidation sites excluding steroid dienone is 2. The molecule has 1 radical (unpaired) electrons. The quantitative estimate of drug-likeness (QED) is 0.275. The van der Waals surface area contributed by atoms with Gasteiger partial charge in [-0.15, -0.1) is 0 Å². The molecule has 0 aromatic heterocycles. The van der Waals surface area contributed by atoms with Gasteiger partial charge in [0.25, 0.3) is 0 Å². The molecule has 0 fully saturated rings. The Balaban J connectivity index is 2.54. The van der Waals surface area contributed by atoms with Crippen molar-refractivity contribution in [2.24, 2.45) is 11.8 Å². The van der Waals surface area contributed by atoms with Crippen molar-refractivity contribution >= 4 is 9.04 Å². The Kier molecular flexibility index (Phi) is 12.1. The number of benzene rings is 1. The molecule has 0 unspecified atom stereocenters. The first-order chi connectivity index (χ1) is 12.5. The van der Waals surface area contributed by atoms with Crippen LogP contribution in [0, 0.1) is 23.7 Å². The van der Waals surface area contributed by atoms with Crippen LogP contribution in [0.15, 0.2) is 42.5 Å². The molecule has 0 aliphatic heterocycles. The Morgan fingerprint density at radius 1 is 1.15 bits per heavy atom. The summed E-state index contributed by atoms with van der Waals surface area (Å²) in [5, 5.41) is 0. The summed E-state index contributed by atoms with van der Waals surface area (Å²) in [5.74, 6) is 7.05. The van der Waals surface area contributed by atoms with Gasteiger partial charge in [-0.3, -0.25) is 0 Å².